The van der Waals surface area contributed by atoms with Crippen molar-refractivity contribution in [3.05, 3.63) is 29.3 Å². The normalized spacial score (nSPS) is 24.7. The number of benzene rings is 1. The summed E-state index contributed by atoms with van der Waals surface area (Å²) in [6.45, 7) is 2.15. The number of unbranched alkanes of at least 4 members (excludes halogenated alkanes) is 1. The van der Waals surface area contributed by atoms with Crippen LogP contribution in [0.2, 0.25) is 5.02 Å². The lowest BCUT2D eigenvalue weighted by molar-refractivity contribution is 0.602. The Labute approximate surface area is 130 Å². The van der Waals surface area contributed by atoms with Gasteiger partial charge in [0.1, 0.15) is 0 Å². The van der Waals surface area contributed by atoms with Crippen LogP contribution in [-0.4, -0.2) is 37.0 Å². The van der Waals surface area contributed by atoms with Crippen LogP contribution in [-0.2, 0) is 9.84 Å². The van der Waals surface area contributed by atoms with Crippen molar-refractivity contribution in [2.75, 3.05) is 22.6 Å². The Hall–Kier alpha value is -0.390. The molecule has 1 saturated heterocycles. The van der Waals surface area contributed by atoms with Gasteiger partial charge in [0.25, 0.3) is 0 Å². The molecule has 1 aliphatic rings. The lowest BCUT2D eigenvalue weighted by atomic mass is 10.2. The standard InChI is InChI=1S/C14H20ClNO2S2/c1-2-3-8-19-14-10-20(17,18)9-13(14)16-12-6-4-11(15)5-7-12/h4-7,13-14,16H,2-3,8-10H2,1H3. The molecule has 0 saturated carbocycles. The smallest absolute Gasteiger partial charge is 0.153 e. The molecule has 0 spiro atoms. The van der Waals surface area contributed by atoms with Crippen molar-refractivity contribution >= 4 is 38.9 Å². The molecule has 0 radical (unpaired) electrons. The molecule has 0 amide bonds. The molecule has 0 aliphatic carbocycles. The van der Waals surface area contributed by atoms with Crippen LogP contribution in [0.1, 0.15) is 19.8 Å². The van der Waals surface area contributed by atoms with E-state index in [0.717, 1.165) is 24.3 Å². The van der Waals surface area contributed by atoms with Crippen LogP contribution in [0.5, 0.6) is 0 Å². The van der Waals surface area contributed by atoms with E-state index in [1.54, 1.807) is 11.8 Å². The van der Waals surface area contributed by atoms with Gasteiger partial charge in [-0.25, -0.2) is 8.42 Å². The van der Waals surface area contributed by atoms with Crippen molar-refractivity contribution in [1.29, 1.82) is 0 Å². The van der Waals surface area contributed by atoms with Gasteiger partial charge in [-0.05, 0) is 36.4 Å². The Morgan fingerprint density at radius 1 is 1.30 bits per heavy atom. The van der Waals surface area contributed by atoms with E-state index in [0.29, 0.717) is 5.02 Å². The zero-order valence-electron chi connectivity index (χ0n) is 11.5. The van der Waals surface area contributed by atoms with Crippen LogP contribution in [0.15, 0.2) is 24.3 Å². The predicted octanol–water partition coefficient (Wildman–Crippen LogP) is 3.45. The Morgan fingerprint density at radius 2 is 2.00 bits per heavy atom. The van der Waals surface area contributed by atoms with E-state index in [1.807, 2.05) is 24.3 Å². The SMILES string of the molecule is CCCCSC1CS(=O)(=O)CC1Nc1ccc(Cl)cc1. The van der Waals surface area contributed by atoms with Gasteiger partial charge >= 0.3 is 0 Å². The van der Waals surface area contributed by atoms with Crippen LogP contribution in [0.4, 0.5) is 5.69 Å². The maximum Gasteiger partial charge on any atom is 0.153 e. The van der Waals surface area contributed by atoms with Crippen molar-refractivity contribution in [2.45, 2.75) is 31.1 Å². The highest BCUT2D eigenvalue weighted by Crippen LogP contribution is 2.28. The molecule has 1 aromatic carbocycles. The molecule has 20 heavy (non-hydrogen) atoms. The van der Waals surface area contributed by atoms with Crippen LogP contribution in [0, 0.1) is 0 Å². The zero-order valence-corrected chi connectivity index (χ0v) is 13.9. The van der Waals surface area contributed by atoms with E-state index >= 15 is 0 Å². The van der Waals surface area contributed by atoms with E-state index in [2.05, 4.69) is 12.2 Å². The Kier molecular flexibility index (Phi) is 5.64. The fourth-order valence-corrected chi connectivity index (χ4v) is 6.39. The molecule has 1 aliphatic heterocycles. The summed E-state index contributed by atoms with van der Waals surface area (Å²) in [6.07, 6.45) is 2.27. The van der Waals surface area contributed by atoms with Crippen LogP contribution in [0.3, 0.4) is 0 Å². The van der Waals surface area contributed by atoms with Gasteiger partial charge in [-0.3, -0.25) is 0 Å². The van der Waals surface area contributed by atoms with Crippen molar-refractivity contribution in [2.24, 2.45) is 0 Å². The molecule has 1 aromatic rings. The van der Waals surface area contributed by atoms with Gasteiger partial charge in [-0.2, -0.15) is 11.8 Å². The van der Waals surface area contributed by atoms with Gasteiger partial charge in [0.2, 0.25) is 0 Å². The van der Waals surface area contributed by atoms with Gasteiger partial charge in [0.05, 0.1) is 17.5 Å². The number of rotatable bonds is 6. The highest BCUT2D eigenvalue weighted by molar-refractivity contribution is 8.01. The molecular weight excluding hydrogens is 314 g/mol. The van der Waals surface area contributed by atoms with Crippen molar-refractivity contribution in [3.8, 4) is 0 Å². The first kappa shape index (κ1) is 16.0. The zero-order chi connectivity index (χ0) is 14.6. The highest BCUT2D eigenvalue weighted by Gasteiger charge is 2.37. The maximum atomic E-state index is 11.9. The lowest BCUT2D eigenvalue weighted by Gasteiger charge is -2.20. The van der Waals surface area contributed by atoms with E-state index in [-0.39, 0.29) is 22.8 Å². The van der Waals surface area contributed by atoms with Crippen LogP contribution in [0.25, 0.3) is 0 Å². The molecule has 2 atom stereocenters. The second-order valence-corrected chi connectivity index (χ2v) is 9.03. The van der Waals surface area contributed by atoms with Crippen LogP contribution < -0.4 is 5.32 Å². The number of nitrogens with one attached hydrogen (secondary N) is 1. The number of halogens is 1. The van der Waals surface area contributed by atoms with E-state index < -0.39 is 9.84 Å². The van der Waals surface area contributed by atoms with Gasteiger partial charge < -0.3 is 5.32 Å². The number of sulfone groups is 1. The quantitative estimate of drug-likeness (QED) is 0.810. The van der Waals surface area contributed by atoms with Gasteiger partial charge in [-0.15, -0.1) is 0 Å². The predicted molar refractivity (Wildman–Crippen MR) is 88.7 cm³/mol. The fourth-order valence-electron chi connectivity index (χ4n) is 2.25. The Morgan fingerprint density at radius 3 is 2.65 bits per heavy atom. The number of thioether (sulfide) groups is 1. The second-order valence-electron chi connectivity index (χ2n) is 5.10. The van der Waals surface area contributed by atoms with Crippen molar-refractivity contribution in [1.82, 2.24) is 0 Å². The molecule has 0 aromatic heterocycles. The summed E-state index contributed by atoms with van der Waals surface area (Å²) in [5, 5.41) is 4.17. The minimum atomic E-state index is -2.92. The lowest BCUT2D eigenvalue weighted by Crippen LogP contribution is -2.30. The summed E-state index contributed by atoms with van der Waals surface area (Å²) in [7, 11) is -2.92. The monoisotopic (exact) mass is 333 g/mol. The van der Waals surface area contributed by atoms with Gasteiger partial charge in [0.15, 0.2) is 9.84 Å². The number of hydrogen-bond donors (Lipinski definition) is 1. The number of hydrogen-bond acceptors (Lipinski definition) is 4. The Balaban J connectivity index is 2.01. The van der Waals surface area contributed by atoms with E-state index in [4.69, 9.17) is 11.6 Å². The summed E-state index contributed by atoms with van der Waals surface area (Å²) >= 11 is 7.63. The minimum absolute atomic E-state index is 0.0111. The Bertz CT molecular complexity index is 531. The average molecular weight is 334 g/mol. The molecule has 6 heteroatoms. The van der Waals surface area contributed by atoms with E-state index in [9.17, 15) is 8.42 Å². The topological polar surface area (TPSA) is 46.2 Å². The molecule has 112 valence electrons. The first-order chi connectivity index (χ1) is 9.50. The molecular formula is C14H20ClNO2S2. The van der Waals surface area contributed by atoms with E-state index in [1.165, 1.54) is 0 Å². The third-order valence-corrected chi connectivity index (χ3v) is 6.97. The summed E-state index contributed by atoms with van der Waals surface area (Å²) in [4.78, 5) is 0. The van der Waals surface area contributed by atoms with Crippen molar-refractivity contribution in [3.63, 3.8) is 0 Å². The fraction of sp³-hybridized carbons (Fsp3) is 0.571. The first-order valence-electron chi connectivity index (χ1n) is 6.84. The molecule has 1 fully saturated rings. The molecule has 0 bridgehead atoms. The third-order valence-electron chi connectivity index (χ3n) is 3.33. The maximum absolute atomic E-state index is 11.9. The molecule has 1 N–H and O–H groups in total. The molecule has 1 heterocycles. The highest BCUT2D eigenvalue weighted by atomic mass is 35.5. The summed E-state index contributed by atoms with van der Waals surface area (Å²) in [5.74, 6) is 1.53. The molecule has 3 nitrogen and oxygen atoms in total. The van der Waals surface area contributed by atoms with Crippen LogP contribution >= 0.6 is 23.4 Å². The first-order valence-corrected chi connectivity index (χ1v) is 10.1. The molecule has 2 unspecified atom stereocenters. The summed E-state index contributed by atoms with van der Waals surface area (Å²) in [5.41, 5.74) is 0.928. The largest absolute Gasteiger partial charge is 0.380 e. The summed E-state index contributed by atoms with van der Waals surface area (Å²) in [6, 6.07) is 7.39. The second kappa shape index (κ2) is 7.05. The van der Waals surface area contributed by atoms with Crippen molar-refractivity contribution < 1.29 is 8.42 Å². The average Bonchev–Trinajstić information content (AvgIpc) is 2.67. The van der Waals surface area contributed by atoms with Gasteiger partial charge in [-0.1, -0.05) is 24.9 Å². The summed E-state index contributed by atoms with van der Waals surface area (Å²) < 4.78 is 23.7. The number of anilines is 1. The molecule has 2 rings (SSSR count). The van der Waals surface area contributed by atoms with Gasteiger partial charge in [0, 0.05) is 16.0 Å². The minimum Gasteiger partial charge on any atom is -0.380 e. The third kappa shape index (κ3) is 4.57.